The molecule has 1 aliphatic rings. The van der Waals surface area contributed by atoms with E-state index >= 15 is 0 Å². The smallest absolute Gasteiger partial charge is 0.173 e. The van der Waals surface area contributed by atoms with E-state index in [2.05, 4.69) is 20.5 Å². The van der Waals surface area contributed by atoms with E-state index in [1.54, 1.807) is 30.5 Å². The molecule has 0 spiro atoms. The van der Waals surface area contributed by atoms with Crippen molar-refractivity contribution in [1.29, 1.82) is 0 Å². The highest BCUT2D eigenvalue weighted by molar-refractivity contribution is 5.98. The Hall–Kier alpha value is -2.25. The van der Waals surface area contributed by atoms with Crippen LogP contribution in [-0.4, -0.2) is 34.7 Å². The quantitative estimate of drug-likeness (QED) is 0.452. The maximum atomic E-state index is 9.75. The number of nitrogens with one attached hydrogen (secondary N) is 1. The molecule has 0 aliphatic carbocycles. The standard InChI is InChI=1S/C12H15N5O2/c13-10(7-18)16-12(19)8-1-3-9(4-2-8)15-11-5-6-14-17-11/h1-4,6,12,18-19H,5,7H2,(H2,13,16)(H,15,17). The third-order valence-corrected chi connectivity index (χ3v) is 2.47. The fraction of sp³-hybridized carbons (Fsp3) is 0.250. The highest BCUT2D eigenvalue weighted by atomic mass is 16.3. The van der Waals surface area contributed by atoms with Crippen molar-refractivity contribution in [1.82, 2.24) is 5.43 Å². The number of hydrogen-bond donors (Lipinski definition) is 4. The number of rotatable bonds is 4. The third kappa shape index (κ3) is 3.60. The molecule has 7 nitrogen and oxygen atoms in total. The van der Waals surface area contributed by atoms with Gasteiger partial charge in [-0.25, -0.2) is 9.98 Å². The number of nitrogens with zero attached hydrogens (tertiary/aromatic N) is 3. The van der Waals surface area contributed by atoms with Gasteiger partial charge in [0.2, 0.25) is 0 Å². The molecule has 0 amide bonds. The van der Waals surface area contributed by atoms with Crippen LogP contribution in [0.3, 0.4) is 0 Å². The van der Waals surface area contributed by atoms with E-state index in [-0.39, 0.29) is 12.4 Å². The number of benzene rings is 1. The molecular weight excluding hydrogens is 246 g/mol. The van der Waals surface area contributed by atoms with Gasteiger partial charge in [0.1, 0.15) is 18.3 Å². The summed E-state index contributed by atoms with van der Waals surface area (Å²) in [6, 6.07) is 6.93. The molecule has 5 N–H and O–H groups in total. The second-order valence-corrected chi connectivity index (χ2v) is 3.93. The lowest BCUT2D eigenvalue weighted by molar-refractivity contribution is 0.187. The van der Waals surface area contributed by atoms with E-state index in [0.29, 0.717) is 12.0 Å². The summed E-state index contributed by atoms with van der Waals surface area (Å²) in [6.07, 6.45) is 1.34. The number of amidine groups is 2. The van der Waals surface area contributed by atoms with Crippen molar-refractivity contribution in [3.63, 3.8) is 0 Å². The van der Waals surface area contributed by atoms with Crippen LogP contribution in [0.1, 0.15) is 18.2 Å². The minimum absolute atomic E-state index is 0.0101. The second kappa shape index (κ2) is 6.07. The zero-order valence-electron chi connectivity index (χ0n) is 10.2. The minimum atomic E-state index is -1.08. The lowest BCUT2D eigenvalue weighted by Crippen LogP contribution is -2.17. The fourth-order valence-electron chi connectivity index (χ4n) is 1.52. The molecule has 0 fully saturated rings. The summed E-state index contributed by atoms with van der Waals surface area (Å²) in [6.45, 7) is -0.380. The van der Waals surface area contributed by atoms with Crippen LogP contribution in [0.15, 0.2) is 39.4 Å². The van der Waals surface area contributed by atoms with Crippen LogP contribution in [-0.2, 0) is 0 Å². The van der Waals surface area contributed by atoms with Crippen LogP contribution in [0.4, 0.5) is 5.69 Å². The van der Waals surface area contributed by atoms with E-state index in [0.717, 1.165) is 11.5 Å². The molecule has 2 rings (SSSR count). The van der Waals surface area contributed by atoms with Crippen molar-refractivity contribution < 1.29 is 10.2 Å². The second-order valence-electron chi connectivity index (χ2n) is 3.93. The van der Waals surface area contributed by atoms with Gasteiger partial charge in [0, 0.05) is 18.2 Å². The lowest BCUT2D eigenvalue weighted by Gasteiger charge is -2.07. The van der Waals surface area contributed by atoms with Crippen molar-refractivity contribution in [3.8, 4) is 0 Å². The Morgan fingerprint density at radius 3 is 2.74 bits per heavy atom. The molecule has 0 aromatic heterocycles. The maximum absolute atomic E-state index is 9.75. The highest BCUT2D eigenvalue weighted by Crippen LogP contribution is 2.19. The molecule has 7 heteroatoms. The summed E-state index contributed by atoms with van der Waals surface area (Å²) >= 11 is 0. The van der Waals surface area contributed by atoms with Gasteiger partial charge in [-0.05, 0) is 12.1 Å². The topological polar surface area (TPSA) is 116 Å². The molecule has 0 radical (unpaired) electrons. The summed E-state index contributed by atoms with van der Waals surface area (Å²) in [5.74, 6) is 0.764. The number of aliphatic hydroxyl groups excluding tert-OH is 2. The first kappa shape index (κ1) is 13.2. The van der Waals surface area contributed by atoms with E-state index in [4.69, 9.17) is 10.8 Å². The third-order valence-electron chi connectivity index (χ3n) is 2.47. The Balaban J connectivity index is 2.08. The Morgan fingerprint density at radius 1 is 1.42 bits per heavy atom. The predicted molar refractivity (Wildman–Crippen MR) is 73.4 cm³/mol. The lowest BCUT2D eigenvalue weighted by atomic mass is 10.2. The number of aliphatic imine (C=N–C) groups is 2. The molecule has 0 saturated carbocycles. The van der Waals surface area contributed by atoms with Crippen LogP contribution in [0.5, 0.6) is 0 Å². The number of hydrogen-bond acceptors (Lipinski definition) is 5. The van der Waals surface area contributed by atoms with Crippen LogP contribution in [0, 0.1) is 0 Å². The average Bonchev–Trinajstić information content (AvgIpc) is 2.92. The van der Waals surface area contributed by atoms with E-state index < -0.39 is 6.23 Å². The summed E-state index contributed by atoms with van der Waals surface area (Å²) in [7, 11) is 0. The summed E-state index contributed by atoms with van der Waals surface area (Å²) in [4.78, 5) is 8.06. The molecule has 0 saturated heterocycles. The van der Waals surface area contributed by atoms with Crippen molar-refractivity contribution >= 4 is 23.6 Å². The van der Waals surface area contributed by atoms with Crippen LogP contribution in [0.25, 0.3) is 0 Å². The van der Waals surface area contributed by atoms with Crippen molar-refractivity contribution in [3.05, 3.63) is 29.8 Å². The SMILES string of the molecule is N/C(CO)=N\C(O)c1ccc(N=C2CC=NN2)cc1. The van der Waals surface area contributed by atoms with E-state index in [9.17, 15) is 5.11 Å². The monoisotopic (exact) mass is 261 g/mol. The number of nitrogens with two attached hydrogens (primary N) is 1. The van der Waals surface area contributed by atoms with Crippen molar-refractivity contribution in [2.75, 3.05) is 6.61 Å². The van der Waals surface area contributed by atoms with Crippen LogP contribution in [0.2, 0.25) is 0 Å². The van der Waals surface area contributed by atoms with Gasteiger partial charge in [0.05, 0.1) is 5.69 Å². The molecule has 0 bridgehead atoms. The zero-order valence-corrected chi connectivity index (χ0v) is 10.2. The molecule has 1 aliphatic heterocycles. The van der Waals surface area contributed by atoms with Gasteiger partial charge in [-0.2, -0.15) is 5.10 Å². The largest absolute Gasteiger partial charge is 0.388 e. The van der Waals surface area contributed by atoms with Crippen molar-refractivity contribution in [2.45, 2.75) is 12.6 Å². The molecule has 19 heavy (non-hydrogen) atoms. The average molecular weight is 261 g/mol. The zero-order chi connectivity index (χ0) is 13.7. The Morgan fingerprint density at radius 2 is 2.16 bits per heavy atom. The van der Waals surface area contributed by atoms with Gasteiger partial charge in [0.25, 0.3) is 0 Å². The van der Waals surface area contributed by atoms with Crippen molar-refractivity contribution in [2.24, 2.45) is 20.8 Å². The molecule has 1 aromatic rings. The molecule has 1 aromatic carbocycles. The van der Waals surface area contributed by atoms with Gasteiger partial charge in [-0.1, -0.05) is 12.1 Å². The minimum Gasteiger partial charge on any atom is -0.388 e. The maximum Gasteiger partial charge on any atom is 0.173 e. The highest BCUT2D eigenvalue weighted by Gasteiger charge is 2.07. The summed E-state index contributed by atoms with van der Waals surface area (Å²) < 4.78 is 0. The van der Waals surface area contributed by atoms with Crippen LogP contribution >= 0.6 is 0 Å². The van der Waals surface area contributed by atoms with E-state index in [1.165, 1.54) is 0 Å². The van der Waals surface area contributed by atoms with Gasteiger partial charge in [-0.15, -0.1) is 0 Å². The number of aliphatic hydroxyl groups is 2. The van der Waals surface area contributed by atoms with Gasteiger partial charge in [0.15, 0.2) is 6.23 Å². The molecule has 100 valence electrons. The molecule has 1 atom stereocenters. The van der Waals surface area contributed by atoms with Crippen LogP contribution < -0.4 is 11.2 Å². The normalized spacial score (nSPS) is 18.6. The number of hydrazone groups is 1. The summed E-state index contributed by atoms with van der Waals surface area (Å²) in [5.41, 5.74) is 9.46. The first-order valence-corrected chi connectivity index (χ1v) is 5.75. The Kier molecular flexibility index (Phi) is 4.22. The van der Waals surface area contributed by atoms with E-state index in [1.807, 2.05) is 0 Å². The van der Waals surface area contributed by atoms with Gasteiger partial charge < -0.3 is 15.9 Å². The molecule has 1 unspecified atom stereocenters. The predicted octanol–water partition coefficient (Wildman–Crippen LogP) is 0.0361. The summed E-state index contributed by atoms with van der Waals surface area (Å²) in [5, 5.41) is 22.3. The van der Waals surface area contributed by atoms with Gasteiger partial charge in [-0.3, -0.25) is 5.43 Å². The fourth-order valence-corrected chi connectivity index (χ4v) is 1.52. The first-order chi connectivity index (χ1) is 9.19. The Labute approximate surface area is 110 Å². The Bertz CT molecular complexity index is 511. The molecule has 1 heterocycles. The molecular formula is C12H15N5O2. The first-order valence-electron chi connectivity index (χ1n) is 5.75. The van der Waals surface area contributed by atoms with Gasteiger partial charge >= 0.3 is 0 Å².